The Balaban J connectivity index is 1.50. The van der Waals surface area contributed by atoms with Gasteiger partial charge in [0.1, 0.15) is 33.5 Å². The maximum atomic E-state index is 13.7. The van der Waals surface area contributed by atoms with Crippen molar-refractivity contribution in [2.24, 2.45) is 5.73 Å². The number of benzene rings is 2. The van der Waals surface area contributed by atoms with E-state index in [1.807, 2.05) is 0 Å². The molecule has 13 heteroatoms. The van der Waals surface area contributed by atoms with Crippen LogP contribution < -0.4 is 15.8 Å². The molecule has 0 saturated carbocycles. The molecule has 204 valence electrons. The number of anilines is 1. The number of nitrogens with two attached hydrogens (primary N) is 1. The number of fused-ring (bicyclic) bond motifs is 1. The van der Waals surface area contributed by atoms with Crippen molar-refractivity contribution in [3.05, 3.63) is 98.9 Å². The first-order valence-electron chi connectivity index (χ1n) is 11.4. The van der Waals surface area contributed by atoms with Gasteiger partial charge in [-0.05, 0) is 47.5 Å². The molecule has 0 fully saturated rings. The summed E-state index contributed by atoms with van der Waals surface area (Å²) in [6, 6.07) is 16.7. The van der Waals surface area contributed by atoms with Crippen LogP contribution in [0.4, 0.5) is 18.9 Å². The van der Waals surface area contributed by atoms with Crippen LogP contribution in [0, 0.1) is 0 Å². The van der Waals surface area contributed by atoms with Crippen LogP contribution in [0.5, 0.6) is 5.75 Å². The molecular weight excluding hydrogens is 590 g/mol. The molecule has 0 saturated heterocycles. The Morgan fingerprint density at radius 1 is 1.05 bits per heavy atom. The average Bonchev–Trinajstić information content (AvgIpc) is 3.53. The molecule has 0 aliphatic heterocycles. The highest BCUT2D eigenvalue weighted by atomic mass is 35.5. The molecule has 3 aromatic heterocycles. The molecule has 7 nitrogen and oxygen atoms in total. The van der Waals surface area contributed by atoms with Crippen LogP contribution >= 0.6 is 34.5 Å². The van der Waals surface area contributed by atoms with Gasteiger partial charge in [-0.15, -0.1) is 11.3 Å². The Kier molecular flexibility index (Phi) is 7.45. The Labute approximate surface area is 238 Å². The summed E-state index contributed by atoms with van der Waals surface area (Å²) in [4.78, 5) is 28.9. The summed E-state index contributed by atoms with van der Waals surface area (Å²) in [5, 5.41) is 3.44. The van der Waals surface area contributed by atoms with Crippen molar-refractivity contribution in [2.75, 3.05) is 5.32 Å². The third-order valence-electron chi connectivity index (χ3n) is 5.65. The van der Waals surface area contributed by atoms with Crippen LogP contribution in [0.1, 0.15) is 31.7 Å². The first-order chi connectivity index (χ1) is 19.0. The van der Waals surface area contributed by atoms with Crippen LogP contribution in [0.15, 0.2) is 71.1 Å². The van der Waals surface area contributed by atoms with Gasteiger partial charge in [0.25, 0.3) is 11.8 Å². The predicted molar refractivity (Wildman–Crippen MR) is 146 cm³/mol. The van der Waals surface area contributed by atoms with Gasteiger partial charge in [-0.3, -0.25) is 9.59 Å². The van der Waals surface area contributed by atoms with E-state index in [0.717, 1.165) is 6.07 Å². The minimum atomic E-state index is -4.75. The normalized spacial score (nSPS) is 11.5. The van der Waals surface area contributed by atoms with Crippen LogP contribution in [-0.2, 0) is 12.8 Å². The first kappa shape index (κ1) is 27.5. The van der Waals surface area contributed by atoms with E-state index in [1.54, 1.807) is 42.5 Å². The lowest BCUT2D eigenvalue weighted by molar-refractivity contribution is -0.140. The maximum absolute atomic E-state index is 13.7. The largest absolute Gasteiger partial charge is 0.484 e. The monoisotopic (exact) mass is 605 g/mol. The number of primary amides is 1. The van der Waals surface area contributed by atoms with E-state index in [-0.39, 0.29) is 49.5 Å². The summed E-state index contributed by atoms with van der Waals surface area (Å²) < 4.78 is 52.2. The quantitative estimate of drug-likeness (QED) is 0.197. The van der Waals surface area contributed by atoms with Crippen molar-refractivity contribution in [1.29, 1.82) is 0 Å². The topological polar surface area (TPSA) is 107 Å². The van der Waals surface area contributed by atoms with E-state index < -0.39 is 23.7 Å². The van der Waals surface area contributed by atoms with Crippen molar-refractivity contribution in [1.82, 2.24) is 4.98 Å². The number of rotatable bonds is 7. The van der Waals surface area contributed by atoms with E-state index in [4.69, 9.17) is 38.1 Å². The number of carbonyl (C=O) groups is 2. The molecule has 2 amide bonds. The lowest BCUT2D eigenvalue weighted by atomic mass is 10.0. The number of hydrogen-bond acceptors (Lipinski definition) is 6. The molecule has 0 aliphatic rings. The number of nitrogens with one attached hydrogen (secondary N) is 1. The summed E-state index contributed by atoms with van der Waals surface area (Å²) in [6.45, 7) is -0.0646. The second-order valence-electron chi connectivity index (χ2n) is 8.35. The fourth-order valence-electron chi connectivity index (χ4n) is 3.88. The molecule has 0 bridgehead atoms. The number of thiophene rings is 1. The maximum Gasteiger partial charge on any atom is 0.433 e. The standard InChI is InChI=1S/C27H16Cl2F3N3O4S/c28-14-6-8-18(17(29)10-14)38-12-15-7-9-19(39-15)25(37)35-22-21-16(13-4-2-1-3-5-13)11-20(27(30,31)32)34-26(21)40-23(22)24(33)36/h1-11H,12H2,(H2,33,36)(H,35,37). The van der Waals surface area contributed by atoms with Gasteiger partial charge in [0.15, 0.2) is 5.76 Å². The van der Waals surface area contributed by atoms with Crippen LogP contribution in [0.3, 0.4) is 0 Å². The van der Waals surface area contributed by atoms with E-state index in [1.165, 1.54) is 18.2 Å². The number of furan rings is 1. The summed E-state index contributed by atoms with van der Waals surface area (Å²) in [7, 11) is 0. The van der Waals surface area contributed by atoms with Gasteiger partial charge in [-0.25, -0.2) is 4.98 Å². The molecule has 0 atom stereocenters. The first-order valence-corrected chi connectivity index (χ1v) is 13.0. The van der Waals surface area contributed by atoms with Gasteiger partial charge < -0.3 is 20.2 Å². The van der Waals surface area contributed by atoms with Crippen molar-refractivity contribution in [2.45, 2.75) is 12.8 Å². The van der Waals surface area contributed by atoms with E-state index >= 15 is 0 Å². The second-order valence-corrected chi connectivity index (χ2v) is 10.2. The molecule has 5 aromatic rings. The van der Waals surface area contributed by atoms with Crippen molar-refractivity contribution < 1.29 is 31.9 Å². The Bertz CT molecular complexity index is 1750. The van der Waals surface area contributed by atoms with Gasteiger partial charge in [0.05, 0.1) is 10.7 Å². The zero-order valence-corrected chi connectivity index (χ0v) is 22.3. The molecule has 40 heavy (non-hydrogen) atoms. The summed E-state index contributed by atoms with van der Waals surface area (Å²) in [6.07, 6.45) is -4.75. The number of aromatic nitrogens is 1. The number of halogens is 5. The van der Waals surface area contributed by atoms with E-state index in [0.29, 0.717) is 27.7 Å². The van der Waals surface area contributed by atoms with Gasteiger partial charge >= 0.3 is 6.18 Å². The van der Waals surface area contributed by atoms with Gasteiger partial charge in [0, 0.05) is 10.4 Å². The molecule has 2 aromatic carbocycles. The number of pyridine rings is 1. The number of alkyl halides is 3. The minimum Gasteiger partial charge on any atom is -0.484 e. The molecule has 0 radical (unpaired) electrons. The summed E-state index contributed by atoms with van der Waals surface area (Å²) in [5.41, 5.74) is 4.86. The molecule has 0 aliphatic carbocycles. The number of hydrogen-bond donors (Lipinski definition) is 2. The van der Waals surface area contributed by atoms with Gasteiger partial charge in [-0.1, -0.05) is 53.5 Å². The highest BCUT2D eigenvalue weighted by molar-refractivity contribution is 7.21. The molecule has 0 unspecified atom stereocenters. The number of carbonyl (C=O) groups excluding carboxylic acids is 2. The van der Waals surface area contributed by atoms with Crippen LogP contribution in [0.2, 0.25) is 10.0 Å². The SMILES string of the molecule is NC(=O)c1sc2nc(C(F)(F)F)cc(-c3ccccc3)c2c1NC(=O)c1ccc(COc2ccc(Cl)cc2Cl)o1. The molecule has 3 N–H and O–H groups in total. The van der Waals surface area contributed by atoms with Gasteiger partial charge in [-0.2, -0.15) is 13.2 Å². The van der Waals surface area contributed by atoms with E-state index in [2.05, 4.69) is 10.3 Å². The smallest absolute Gasteiger partial charge is 0.433 e. The van der Waals surface area contributed by atoms with Crippen molar-refractivity contribution in [3.8, 4) is 16.9 Å². The summed E-state index contributed by atoms with van der Waals surface area (Å²) >= 11 is 12.6. The predicted octanol–water partition coefficient (Wildman–Crippen LogP) is 7.81. The van der Waals surface area contributed by atoms with Crippen molar-refractivity contribution >= 4 is 62.3 Å². The number of amides is 2. The average molecular weight is 606 g/mol. The highest BCUT2D eigenvalue weighted by Crippen LogP contribution is 2.43. The fourth-order valence-corrected chi connectivity index (χ4v) is 5.35. The third kappa shape index (κ3) is 5.62. The minimum absolute atomic E-state index is 0.0646. The molecule has 3 heterocycles. The van der Waals surface area contributed by atoms with Crippen molar-refractivity contribution in [3.63, 3.8) is 0 Å². The summed E-state index contributed by atoms with van der Waals surface area (Å²) in [5.74, 6) is -1.22. The number of nitrogens with zero attached hydrogens (tertiary/aromatic N) is 1. The second kappa shape index (κ2) is 10.8. The fraction of sp³-hybridized carbons (Fsp3) is 0.0741. The molecule has 0 spiro atoms. The third-order valence-corrected chi connectivity index (χ3v) is 7.28. The number of ether oxygens (including phenoxy) is 1. The van der Waals surface area contributed by atoms with Gasteiger partial charge in [0.2, 0.25) is 0 Å². The Morgan fingerprint density at radius 3 is 2.48 bits per heavy atom. The lowest BCUT2D eigenvalue weighted by Gasteiger charge is -2.12. The zero-order chi connectivity index (χ0) is 28.6. The Hall–Kier alpha value is -4.06. The van der Waals surface area contributed by atoms with E-state index in [9.17, 15) is 22.8 Å². The highest BCUT2D eigenvalue weighted by Gasteiger charge is 2.35. The lowest BCUT2D eigenvalue weighted by Crippen LogP contribution is -2.16. The Morgan fingerprint density at radius 2 is 1.80 bits per heavy atom. The van der Waals surface area contributed by atoms with Crippen LogP contribution in [0.25, 0.3) is 21.3 Å². The molecule has 5 rings (SSSR count). The zero-order valence-electron chi connectivity index (χ0n) is 20.0. The van der Waals surface area contributed by atoms with Crippen LogP contribution in [-0.4, -0.2) is 16.8 Å². The molecular formula is C27H16Cl2F3N3O4S.